The Morgan fingerprint density at radius 3 is 2.50 bits per heavy atom. The number of aromatic hydroxyl groups is 2. The quantitative estimate of drug-likeness (QED) is 0.792. The van der Waals surface area contributed by atoms with Crippen LogP contribution in [0.4, 0.5) is 0 Å². The molecule has 1 aliphatic heterocycles. The van der Waals surface area contributed by atoms with Crippen molar-refractivity contribution in [1.29, 1.82) is 0 Å². The molecule has 1 fully saturated rings. The third-order valence-electron chi connectivity index (χ3n) is 3.39. The fourth-order valence-corrected chi connectivity index (χ4v) is 2.42. The van der Waals surface area contributed by atoms with E-state index in [0.29, 0.717) is 19.5 Å². The summed E-state index contributed by atoms with van der Waals surface area (Å²) < 4.78 is 4.70. The monoisotopic (exact) mass is 279 g/mol. The standard InChI is InChI=1S/C14H17NO5/c1-20-14(19)9-3-2-4-15(8-9)13(18)10-5-11(16)7-12(17)6-10/h5-7,9,16-17H,2-4,8H2,1H3/t9-/m0/s1. The van der Waals surface area contributed by atoms with Crippen LogP contribution in [0, 0.1) is 5.92 Å². The van der Waals surface area contributed by atoms with Gasteiger partial charge in [0.05, 0.1) is 13.0 Å². The lowest BCUT2D eigenvalue weighted by molar-refractivity contribution is -0.146. The largest absolute Gasteiger partial charge is 0.508 e. The van der Waals surface area contributed by atoms with Crippen LogP contribution in [0.25, 0.3) is 0 Å². The number of methoxy groups -OCH3 is 1. The molecule has 1 saturated heterocycles. The summed E-state index contributed by atoms with van der Waals surface area (Å²) in [6, 6.07) is 3.75. The average molecular weight is 279 g/mol. The maximum Gasteiger partial charge on any atom is 0.310 e. The van der Waals surface area contributed by atoms with Crippen LogP contribution >= 0.6 is 0 Å². The number of carbonyl (C=O) groups excluding carboxylic acids is 2. The van der Waals surface area contributed by atoms with Crippen LogP contribution in [0.2, 0.25) is 0 Å². The molecule has 0 aliphatic carbocycles. The van der Waals surface area contributed by atoms with Gasteiger partial charge < -0.3 is 19.8 Å². The topological polar surface area (TPSA) is 87.1 Å². The third-order valence-corrected chi connectivity index (χ3v) is 3.39. The fraction of sp³-hybridized carbons (Fsp3) is 0.429. The summed E-state index contributed by atoms with van der Waals surface area (Å²) in [7, 11) is 1.33. The highest BCUT2D eigenvalue weighted by molar-refractivity contribution is 5.95. The van der Waals surface area contributed by atoms with E-state index in [2.05, 4.69) is 0 Å². The molecule has 6 nitrogen and oxygen atoms in total. The van der Waals surface area contributed by atoms with Gasteiger partial charge in [-0.25, -0.2) is 0 Å². The predicted molar refractivity (Wildman–Crippen MR) is 70.4 cm³/mol. The summed E-state index contributed by atoms with van der Waals surface area (Å²) in [6.07, 6.45) is 1.41. The summed E-state index contributed by atoms with van der Waals surface area (Å²) in [5, 5.41) is 18.8. The number of nitrogens with zero attached hydrogens (tertiary/aromatic N) is 1. The van der Waals surface area contributed by atoms with E-state index in [-0.39, 0.29) is 34.9 Å². The normalized spacial score (nSPS) is 18.6. The molecular weight excluding hydrogens is 262 g/mol. The SMILES string of the molecule is COC(=O)[C@H]1CCCN(C(=O)c2cc(O)cc(O)c2)C1. The van der Waals surface area contributed by atoms with Crippen LogP contribution in [0.1, 0.15) is 23.2 Å². The molecular formula is C14H17NO5. The molecule has 0 bridgehead atoms. The van der Waals surface area contributed by atoms with Gasteiger partial charge in [0.1, 0.15) is 11.5 Å². The molecule has 1 heterocycles. The van der Waals surface area contributed by atoms with Gasteiger partial charge in [0, 0.05) is 24.7 Å². The van der Waals surface area contributed by atoms with Crippen molar-refractivity contribution in [2.75, 3.05) is 20.2 Å². The van der Waals surface area contributed by atoms with E-state index >= 15 is 0 Å². The van der Waals surface area contributed by atoms with Gasteiger partial charge in [-0.15, -0.1) is 0 Å². The Kier molecular flexibility index (Phi) is 4.12. The second-order valence-corrected chi connectivity index (χ2v) is 4.85. The number of carbonyl (C=O) groups is 2. The first-order valence-electron chi connectivity index (χ1n) is 6.41. The van der Waals surface area contributed by atoms with E-state index in [1.165, 1.54) is 19.2 Å². The van der Waals surface area contributed by atoms with Gasteiger partial charge in [-0.2, -0.15) is 0 Å². The molecule has 1 atom stereocenters. The lowest BCUT2D eigenvalue weighted by atomic mass is 9.97. The van der Waals surface area contributed by atoms with Gasteiger partial charge in [-0.3, -0.25) is 9.59 Å². The molecule has 2 N–H and O–H groups in total. The average Bonchev–Trinajstić information content (AvgIpc) is 2.44. The third kappa shape index (κ3) is 3.01. The molecule has 108 valence electrons. The predicted octanol–water partition coefficient (Wildman–Crippen LogP) is 1.12. The Balaban J connectivity index is 2.14. The number of piperidine rings is 1. The first-order valence-corrected chi connectivity index (χ1v) is 6.41. The summed E-state index contributed by atoms with van der Waals surface area (Å²) in [5.41, 5.74) is 0.202. The summed E-state index contributed by atoms with van der Waals surface area (Å²) in [4.78, 5) is 25.4. The number of hydrogen-bond donors (Lipinski definition) is 2. The van der Waals surface area contributed by atoms with Gasteiger partial charge in [-0.1, -0.05) is 0 Å². The Labute approximate surface area is 116 Å². The van der Waals surface area contributed by atoms with E-state index < -0.39 is 0 Å². The number of rotatable bonds is 2. The van der Waals surface area contributed by atoms with Crippen molar-refractivity contribution in [3.8, 4) is 11.5 Å². The summed E-state index contributed by atoms with van der Waals surface area (Å²) in [5.74, 6) is -1.29. The van der Waals surface area contributed by atoms with E-state index in [9.17, 15) is 19.8 Å². The highest BCUT2D eigenvalue weighted by atomic mass is 16.5. The second-order valence-electron chi connectivity index (χ2n) is 4.85. The zero-order chi connectivity index (χ0) is 14.7. The number of likely N-dealkylation sites (tertiary alicyclic amines) is 1. The number of benzene rings is 1. The highest BCUT2D eigenvalue weighted by Crippen LogP contribution is 2.24. The molecule has 1 amide bonds. The van der Waals surface area contributed by atoms with Gasteiger partial charge in [0.2, 0.25) is 0 Å². The number of ether oxygens (including phenoxy) is 1. The second kappa shape index (κ2) is 5.81. The molecule has 6 heteroatoms. The molecule has 2 rings (SSSR count). The van der Waals surface area contributed by atoms with Crippen LogP contribution < -0.4 is 0 Å². The lowest BCUT2D eigenvalue weighted by Gasteiger charge is -2.31. The molecule has 0 aromatic heterocycles. The number of esters is 1. The minimum Gasteiger partial charge on any atom is -0.508 e. The van der Waals surface area contributed by atoms with Gasteiger partial charge in [0.25, 0.3) is 5.91 Å². The zero-order valence-corrected chi connectivity index (χ0v) is 11.2. The first-order chi connectivity index (χ1) is 9.51. The summed E-state index contributed by atoms with van der Waals surface area (Å²) >= 11 is 0. The van der Waals surface area contributed by atoms with Crippen LogP contribution in [0.5, 0.6) is 11.5 Å². The molecule has 0 saturated carbocycles. The Hall–Kier alpha value is -2.24. The van der Waals surface area contributed by atoms with Gasteiger partial charge >= 0.3 is 5.97 Å². The van der Waals surface area contributed by atoms with Crippen LogP contribution in [0.3, 0.4) is 0 Å². The Morgan fingerprint density at radius 2 is 1.90 bits per heavy atom. The minimum atomic E-state index is -0.318. The molecule has 1 aromatic rings. The summed E-state index contributed by atoms with van der Waals surface area (Å²) in [6.45, 7) is 0.838. The number of phenols is 2. The molecule has 0 radical (unpaired) electrons. The van der Waals surface area contributed by atoms with Crippen molar-refractivity contribution in [2.24, 2.45) is 5.92 Å². The maximum absolute atomic E-state index is 12.3. The number of phenolic OH excluding ortho intramolecular Hbond substituents is 2. The van der Waals surface area contributed by atoms with E-state index in [1.807, 2.05) is 0 Å². The van der Waals surface area contributed by atoms with Crippen molar-refractivity contribution in [3.05, 3.63) is 23.8 Å². The van der Waals surface area contributed by atoms with E-state index in [0.717, 1.165) is 12.5 Å². The molecule has 0 spiro atoms. The van der Waals surface area contributed by atoms with Crippen molar-refractivity contribution in [3.63, 3.8) is 0 Å². The van der Waals surface area contributed by atoms with Crippen molar-refractivity contribution >= 4 is 11.9 Å². The maximum atomic E-state index is 12.3. The van der Waals surface area contributed by atoms with Crippen molar-refractivity contribution in [2.45, 2.75) is 12.8 Å². The van der Waals surface area contributed by atoms with Crippen molar-refractivity contribution < 1.29 is 24.5 Å². The van der Waals surface area contributed by atoms with E-state index in [1.54, 1.807) is 4.90 Å². The minimum absolute atomic E-state index is 0.171. The van der Waals surface area contributed by atoms with Crippen LogP contribution in [-0.2, 0) is 9.53 Å². The molecule has 20 heavy (non-hydrogen) atoms. The zero-order valence-electron chi connectivity index (χ0n) is 11.2. The van der Waals surface area contributed by atoms with Crippen LogP contribution in [0.15, 0.2) is 18.2 Å². The highest BCUT2D eigenvalue weighted by Gasteiger charge is 2.29. The van der Waals surface area contributed by atoms with Crippen molar-refractivity contribution in [1.82, 2.24) is 4.90 Å². The van der Waals surface area contributed by atoms with Gasteiger partial charge in [0.15, 0.2) is 0 Å². The Morgan fingerprint density at radius 1 is 1.25 bits per heavy atom. The molecule has 1 aromatic carbocycles. The van der Waals surface area contributed by atoms with Gasteiger partial charge in [-0.05, 0) is 25.0 Å². The molecule has 1 aliphatic rings. The lowest BCUT2D eigenvalue weighted by Crippen LogP contribution is -2.42. The smallest absolute Gasteiger partial charge is 0.310 e. The molecule has 0 unspecified atom stereocenters. The van der Waals surface area contributed by atoms with Crippen LogP contribution in [-0.4, -0.2) is 47.2 Å². The fourth-order valence-electron chi connectivity index (χ4n) is 2.42. The first kappa shape index (κ1) is 14.2. The number of hydrogen-bond acceptors (Lipinski definition) is 5. The number of amides is 1. The van der Waals surface area contributed by atoms with E-state index in [4.69, 9.17) is 4.74 Å². The Bertz CT molecular complexity index is 508.